The Morgan fingerprint density at radius 2 is 0.972 bits per heavy atom. The summed E-state index contributed by atoms with van der Waals surface area (Å²) in [6.45, 7) is 14.2. The third-order valence-corrected chi connectivity index (χ3v) is 15.1. The lowest BCUT2D eigenvalue weighted by Gasteiger charge is -2.11. The minimum Gasteiger partial charge on any atom is -0.253 e. The molecule has 4 heterocycles. The van der Waals surface area contributed by atoms with Gasteiger partial charge < -0.3 is 0 Å². The number of hydrogen-bond donors (Lipinski definition) is 0. The molecule has 6 heteroatoms. The van der Waals surface area contributed by atoms with E-state index in [2.05, 4.69) is 111 Å². The molecular weight excluding hydrogens is 509 g/mol. The lowest BCUT2D eigenvalue weighted by Crippen LogP contribution is -2.34. The lowest BCUT2D eigenvalue weighted by molar-refractivity contribution is 1.36. The molecule has 5 rings (SSSR count). The van der Waals surface area contributed by atoms with Crippen molar-refractivity contribution in [3.05, 3.63) is 81.8 Å². The highest BCUT2D eigenvalue weighted by Gasteiger charge is 2.19. The number of nitrogens with zero attached hydrogens (tertiary/aromatic N) is 2. The standard InChI is InChI=1S/C30H28N2S2Si2/c1-35(2,3)27-15-13-25(33-27)11-7-21-17-23-9-10-24-18-22(20-32-30(24)29(23)31-19-21)8-12-26-14-16-28(34-26)36(4,5)6/h9-10,13-20H,1-6H3. The van der Waals surface area contributed by atoms with Crippen LogP contribution in [0.4, 0.5) is 0 Å². The molecular formula is C30H28N2S2Si2. The molecule has 0 N–H and O–H groups in total. The Bertz CT molecular complexity index is 1600. The van der Waals surface area contributed by atoms with Crippen molar-refractivity contribution in [1.29, 1.82) is 0 Å². The largest absolute Gasteiger partial charge is 0.253 e. The van der Waals surface area contributed by atoms with Gasteiger partial charge in [0.2, 0.25) is 0 Å². The van der Waals surface area contributed by atoms with Crippen LogP contribution in [0.2, 0.25) is 39.3 Å². The number of thiophene rings is 2. The van der Waals surface area contributed by atoms with Crippen LogP contribution in [-0.4, -0.2) is 26.1 Å². The van der Waals surface area contributed by atoms with Crippen molar-refractivity contribution in [2.24, 2.45) is 0 Å². The maximum Gasteiger partial charge on any atom is 0.0965 e. The van der Waals surface area contributed by atoms with Crippen molar-refractivity contribution in [2.75, 3.05) is 0 Å². The molecule has 36 heavy (non-hydrogen) atoms. The third-order valence-electron chi connectivity index (χ3n) is 5.85. The van der Waals surface area contributed by atoms with Gasteiger partial charge in [-0.05, 0) is 33.3 Å². The van der Waals surface area contributed by atoms with Crippen LogP contribution in [0.3, 0.4) is 0 Å². The zero-order chi connectivity index (χ0) is 25.5. The van der Waals surface area contributed by atoms with Gasteiger partial charge in [-0.15, -0.1) is 22.7 Å². The molecule has 0 saturated heterocycles. The van der Waals surface area contributed by atoms with Gasteiger partial charge in [0.25, 0.3) is 0 Å². The predicted octanol–water partition coefficient (Wildman–Crippen LogP) is 6.80. The average molecular weight is 537 g/mol. The van der Waals surface area contributed by atoms with Crippen LogP contribution in [0.25, 0.3) is 21.8 Å². The van der Waals surface area contributed by atoms with Crippen molar-refractivity contribution in [3.63, 3.8) is 0 Å². The lowest BCUT2D eigenvalue weighted by atomic mass is 10.1. The van der Waals surface area contributed by atoms with Crippen molar-refractivity contribution < 1.29 is 0 Å². The van der Waals surface area contributed by atoms with Crippen LogP contribution in [0.15, 0.2) is 60.9 Å². The fourth-order valence-corrected chi connectivity index (χ4v) is 9.31. The zero-order valence-corrected chi connectivity index (χ0v) is 25.1. The van der Waals surface area contributed by atoms with Crippen molar-refractivity contribution in [3.8, 4) is 23.7 Å². The minimum absolute atomic E-state index is 0.896. The zero-order valence-electron chi connectivity index (χ0n) is 21.5. The monoisotopic (exact) mass is 536 g/mol. The molecule has 4 aromatic heterocycles. The summed E-state index contributed by atoms with van der Waals surface area (Å²) in [4.78, 5) is 11.7. The van der Waals surface area contributed by atoms with Gasteiger partial charge in [0, 0.05) is 34.3 Å². The van der Waals surface area contributed by atoms with Crippen LogP contribution >= 0.6 is 22.7 Å². The van der Waals surface area contributed by atoms with Gasteiger partial charge >= 0.3 is 0 Å². The van der Waals surface area contributed by atoms with Gasteiger partial charge in [0.1, 0.15) is 0 Å². The quantitative estimate of drug-likeness (QED) is 0.141. The van der Waals surface area contributed by atoms with E-state index in [9.17, 15) is 0 Å². The molecule has 0 aliphatic heterocycles. The topological polar surface area (TPSA) is 25.8 Å². The molecule has 0 aliphatic carbocycles. The van der Waals surface area contributed by atoms with Crippen LogP contribution in [-0.2, 0) is 0 Å². The summed E-state index contributed by atoms with van der Waals surface area (Å²) in [7, 11) is -2.58. The molecule has 0 radical (unpaired) electrons. The van der Waals surface area contributed by atoms with E-state index in [1.807, 2.05) is 35.1 Å². The Morgan fingerprint density at radius 3 is 1.33 bits per heavy atom. The van der Waals surface area contributed by atoms with Crippen molar-refractivity contribution in [1.82, 2.24) is 9.97 Å². The van der Waals surface area contributed by atoms with E-state index >= 15 is 0 Å². The van der Waals surface area contributed by atoms with Gasteiger partial charge in [0.05, 0.1) is 36.9 Å². The SMILES string of the molecule is C[Si](C)(C)c1ccc(C#Cc2cnc3c(ccc4cc(C#Cc5ccc([Si](C)(C)C)s5)cnc43)c2)s1. The Kier molecular flexibility index (Phi) is 6.49. The summed E-state index contributed by atoms with van der Waals surface area (Å²) >= 11 is 3.64. The van der Waals surface area contributed by atoms with Crippen LogP contribution in [0.5, 0.6) is 0 Å². The number of benzene rings is 1. The van der Waals surface area contributed by atoms with E-state index in [1.165, 1.54) is 9.00 Å². The second-order valence-electron chi connectivity index (χ2n) is 11.0. The minimum atomic E-state index is -1.29. The van der Waals surface area contributed by atoms with E-state index in [1.54, 1.807) is 0 Å². The number of rotatable bonds is 2. The highest BCUT2D eigenvalue weighted by atomic mass is 32.1. The summed E-state index contributed by atoms with van der Waals surface area (Å²) in [6.07, 6.45) is 3.70. The second-order valence-corrected chi connectivity index (χ2v) is 24.0. The average Bonchev–Trinajstić information content (AvgIpc) is 3.51. The maximum absolute atomic E-state index is 4.73. The van der Waals surface area contributed by atoms with Crippen LogP contribution in [0.1, 0.15) is 20.9 Å². The molecule has 0 atom stereocenters. The van der Waals surface area contributed by atoms with E-state index in [0.29, 0.717) is 0 Å². The van der Waals surface area contributed by atoms with Gasteiger partial charge in [-0.3, -0.25) is 9.97 Å². The Labute approximate surface area is 223 Å². The van der Waals surface area contributed by atoms with Gasteiger partial charge in [-0.2, -0.15) is 0 Å². The first-order valence-electron chi connectivity index (χ1n) is 12.0. The highest BCUT2D eigenvalue weighted by Crippen LogP contribution is 2.23. The van der Waals surface area contributed by atoms with Crippen molar-refractivity contribution in [2.45, 2.75) is 39.3 Å². The maximum atomic E-state index is 4.73. The van der Waals surface area contributed by atoms with Gasteiger partial charge in [-0.25, -0.2) is 0 Å². The number of aromatic nitrogens is 2. The molecule has 2 nitrogen and oxygen atoms in total. The molecule has 0 bridgehead atoms. The van der Waals surface area contributed by atoms with Crippen LogP contribution < -0.4 is 9.00 Å². The van der Waals surface area contributed by atoms with Gasteiger partial charge in [-0.1, -0.05) is 87.2 Å². The van der Waals surface area contributed by atoms with E-state index in [-0.39, 0.29) is 0 Å². The first-order chi connectivity index (χ1) is 17.1. The first-order valence-corrected chi connectivity index (χ1v) is 20.6. The molecule has 1 aromatic carbocycles. The molecule has 5 aromatic rings. The summed E-state index contributed by atoms with van der Waals surface area (Å²) in [6, 6.07) is 17.2. The van der Waals surface area contributed by atoms with E-state index in [0.717, 1.165) is 42.7 Å². The summed E-state index contributed by atoms with van der Waals surface area (Å²) in [5, 5.41) is 2.10. The third kappa shape index (κ3) is 5.38. The molecule has 0 aliphatic rings. The van der Waals surface area contributed by atoms with E-state index in [4.69, 9.17) is 9.97 Å². The first kappa shape index (κ1) is 24.7. The van der Waals surface area contributed by atoms with Crippen LogP contribution in [0, 0.1) is 23.7 Å². The summed E-state index contributed by atoms with van der Waals surface area (Å²) in [5.41, 5.74) is 3.63. The number of hydrogen-bond acceptors (Lipinski definition) is 4. The summed E-state index contributed by atoms with van der Waals surface area (Å²) in [5.74, 6) is 13.2. The highest BCUT2D eigenvalue weighted by molar-refractivity contribution is 7.27. The smallest absolute Gasteiger partial charge is 0.0965 e. The van der Waals surface area contributed by atoms with Gasteiger partial charge in [0.15, 0.2) is 0 Å². The molecule has 0 saturated carbocycles. The Hall–Kier alpha value is -3.01. The Balaban J connectivity index is 1.41. The fourth-order valence-electron chi connectivity index (χ4n) is 3.81. The Morgan fingerprint density at radius 1 is 0.556 bits per heavy atom. The van der Waals surface area contributed by atoms with E-state index < -0.39 is 16.1 Å². The predicted molar refractivity (Wildman–Crippen MR) is 164 cm³/mol. The molecule has 0 spiro atoms. The number of pyridine rings is 2. The molecule has 0 amide bonds. The summed E-state index contributed by atoms with van der Waals surface area (Å²) < 4.78 is 2.97. The number of fused-ring (bicyclic) bond motifs is 3. The van der Waals surface area contributed by atoms with Crippen molar-refractivity contribution >= 4 is 69.6 Å². The molecule has 0 unspecified atom stereocenters. The fraction of sp³-hybridized carbons (Fsp3) is 0.200. The normalized spacial score (nSPS) is 11.7. The molecule has 0 fully saturated rings. The second kappa shape index (κ2) is 9.46. The molecule has 178 valence electrons.